The molecule has 6 heteroatoms. The minimum absolute atomic E-state index is 0.168. The first-order chi connectivity index (χ1) is 10.2. The molecule has 0 fully saturated rings. The van der Waals surface area contributed by atoms with Crippen LogP contribution in [0.5, 0.6) is 17.2 Å². The lowest BCUT2D eigenvalue weighted by molar-refractivity contribution is 0.0963. The van der Waals surface area contributed by atoms with Gasteiger partial charge in [0.2, 0.25) is 6.79 Å². The van der Waals surface area contributed by atoms with E-state index in [-0.39, 0.29) is 12.7 Å². The Kier molecular flexibility index (Phi) is 3.35. The van der Waals surface area contributed by atoms with Crippen molar-refractivity contribution in [3.8, 4) is 28.5 Å². The third-order valence-corrected chi connectivity index (χ3v) is 3.22. The van der Waals surface area contributed by atoms with Crippen LogP contribution in [-0.4, -0.2) is 31.8 Å². The Balaban J connectivity index is 2.10. The minimum Gasteiger partial charge on any atom is -0.496 e. The Hall–Kier alpha value is -2.76. The lowest BCUT2D eigenvalue weighted by atomic mass is 10.1. The molecule has 6 nitrogen and oxygen atoms in total. The van der Waals surface area contributed by atoms with Gasteiger partial charge in [-0.2, -0.15) is 0 Å². The van der Waals surface area contributed by atoms with E-state index in [1.165, 1.54) is 0 Å². The minimum atomic E-state index is -0.168. The van der Waals surface area contributed by atoms with Crippen molar-refractivity contribution in [1.29, 1.82) is 0 Å². The highest BCUT2D eigenvalue weighted by Gasteiger charge is 2.19. The van der Waals surface area contributed by atoms with E-state index < -0.39 is 0 Å². The highest BCUT2D eigenvalue weighted by Crippen LogP contribution is 2.41. The topological polar surface area (TPSA) is 69.7 Å². The maximum atomic E-state index is 11.7. The highest BCUT2D eigenvalue weighted by molar-refractivity contribution is 5.95. The van der Waals surface area contributed by atoms with Gasteiger partial charge in [-0.1, -0.05) is 0 Å². The van der Waals surface area contributed by atoms with Crippen LogP contribution >= 0.6 is 0 Å². The quantitative estimate of drug-likeness (QED) is 0.932. The molecule has 0 bridgehead atoms. The molecule has 1 aromatic heterocycles. The van der Waals surface area contributed by atoms with Crippen LogP contribution in [0.1, 0.15) is 10.4 Å². The van der Waals surface area contributed by atoms with Gasteiger partial charge in [0.25, 0.3) is 5.91 Å². The number of ether oxygens (including phenoxy) is 3. The van der Waals surface area contributed by atoms with E-state index in [1.54, 1.807) is 44.6 Å². The second-order valence-electron chi connectivity index (χ2n) is 4.41. The number of aromatic nitrogens is 1. The van der Waals surface area contributed by atoms with E-state index in [0.717, 1.165) is 5.56 Å². The van der Waals surface area contributed by atoms with E-state index in [9.17, 15) is 4.79 Å². The first kappa shape index (κ1) is 13.2. The number of benzene rings is 1. The van der Waals surface area contributed by atoms with Crippen LogP contribution in [0.2, 0.25) is 0 Å². The molecule has 0 atom stereocenters. The summed E-state index contributed by atoms with van der Waals surface area (Å²) >= 11 is 0. The van der Waals surface area contributed by atoms with Gasteiger partial charge in [-0.3, -0.25) is 9.78 Å². The van der Waals surface area contributed by atoms with Crippen molar-refractivity contribution >= 4 is 5.91 Å². The van der Waals surface area contributed by atoms with Gasteiger partial charge in [-0.25, -0.2) is 0 Å². The normalized spacial score (nSPS) is 12.1. The van der Waals surface area contributed by atoms with Crippen LogP contribution < -0.4 is 19.5 Å². The summed E-state index contributed by atoms with van der Waals surface area (Å²) in [5, 5.41) is 2.59. The van der Waals surface area contributed by atoms with Gasteiger partial charge in [0.05, 0.1) is 12.8 Å². The van der Waals surface area contributed by atoms with E-state index >= 15 is 0 Å². The fraction of sp³-hybridized carbons (Fsp3) is 0.200. The molecule has 0 aliphatic carbocycles. The largest absolute Gasteiger partial charge is 0.496 e. The summed E-state index contributed by atoms with van der Waals surface area (Å²) in [4.78, 5) is 16.0. The average Bonchev–Trinajstić information content (AvgIpc) is 3.00. The molecule has 21 heavy (non-hydrogen) atoms. The first-order valence-electron chi connectivity index (χ1n) is 6.39. The lowest BCUT2D eigenvalue weighted by Crippen LogP contribution is -2.17. The molecule has 1 aliphatic rings. The van der Waals surface area contributed by atoms with Crippen molar-refractivity contribution in [2.75, 3.05) is 21.0 Å². The van der Waals surface area contributed by atoms with Crippen LogP contribution in [-0.2, 0) is 0 Å². The number of fused-ring (bicyclic) bond motifs is 1. The van der Waals surface area contributed by atoms with Crippen molar-refractivity contribution in [3.63, 3.8) is 0 Å². The summed E-state index contributed by atoms with van der Waals surface area (Å²) < 4.78 is 16.1. The summed E-state index contributed by atoms with van der Waals surface area (Å²) in [6, 6.07) is 6.92. The summed E-state index contributed by atoms with van der Waals surface area (Å²) in [5.41, 5.74) is 1.90. The van der Waals surface area contributed by atoms with Crippen LogP contribution in [0.4, 0.5) is 0 Å². The van der Waals surface area contributed by atoms with E-state index in [2.05, 4.69) is 10.3 Å². The molecule has 1 aromatic carbocycles. The maximum absolute atomic E-state index is 11.7. The number of amides is 1. The molecule has 1 amide bonds. The number of hydrogen-bond acceptors (Lipinski definition) is 5. The molecule has 2 aromatic rings. The molecule has 0 spiro atoms. The number of rotatable bonds is 3. The molecule has 1 aliphatic heterocycles. The standard InChI is InChI=1S/C15H14N2O4/c1-16-15(18)9-3-4-17-11(5-9)10-6-13-14(21-8-20-13)7-12(10)19-2/h3-7H,8H2,1-2H3,(H,16,18). The van der Waals surface area contributed by atoms with E-state index in [0.29, 0.717) is 28.5 Å². The first-order valence-corrected chi connectivity index (χ1v) is 6.39. The third-order valence-electron chi connectivity index (χ3n) is 3.22. The number of carbonyl (C=O) groups excluding carboxylic acids is 1. The molecule has 1 N–H and O–H groups in total. The van der Waals surface area contributed by atoms with Crippen LogP contribution in [0.25, 0.3) is 11.3 Å². The lowest BCUT2D eigenvalue weighted by Gasteiger charge is -2.10. The zero-order valence-electron chi connectivity index (χ0n) is 11.7. The molecule has 0 radical (unpaired) electrons. The molecule has 2 heterocycles. The molecule has 3 rings (SSSR count). The monoisotopic (exact) mass is 286 g/mol. The second-order valence-corrected chi connectivity index (χ2v) is 4.41. The predicted molar refractivity (Wildman–Crippen MR) is 75.7 cm³/mol. The van der Waals surface area contributed by atoms with Gasteiger partial charge in [0, 0.05) is 30.4 Å². The van der Waals surface area contributed by atoms with Crippen molar-refractivity contribution in [3.05, 3.63) is 36.0 Å². The number of methoxy groups -OCH3 is 1. The zero-order valence-corrected chi connectivity index (χ0v) is 11.7. The van der Waals surface area contributed by atoms with Gasteiger partial charge in [0.1, 0.15) is 5.75 Å². The van der Waals surface area contributed by atoms with E-state index in [4.69, 9.17) is 14.2 Å². The van der Waals surface area contributed by atoms with Crippen molar-refractivity contribution < 1.29 is 19.0 Å². The Morgan fingerprint density at radius 1 is 1.29 bits per heavy atom. The second kappa shape index (κ2) is 5.32. The van der Waals surface area contributed by atoms with Crippen LogP contribution in [0.3, 0.4) is 0 Å². The molecule has 0 saturated heterocycles. The van der Waals surface area contributed by atoms with Gasteiger partial charge in [0.15, 0.2) is 11.5 Å². The molecular formula is C15H14N2O4. The smallest absolute Gasteiger partial charge is 0.251 e. The van der Waals surface area contributed by atoms with E-state index in [1.807, 2.05) is 0 Å². The van der Waals surface area contributed by atoms with Crippen LogP contribution in [0.15, 0.2) is 30.5 Å². The molecule has 108 valence electrons. The van der Waals surface area contributed by atoms with Gasteiger partial charge >= 0.3 is 0 Å². The predicted octanol–water partition coefficient (Wildman–Crippen LogP) is 1.85. The number of carbonyl (C=O) groups is 1. The van der Waals surface area contributed by atoms with Gasteiger partial charge in [-0.05, 0) is 18.2 Å². The Morgan fingerprint density at radius 3 is 2.76 bits per heavy atom. The van der Waals surface area contributed by atoms with Gasteiger partial charge < -0.3 is 19.5 Å². The van der Waals surface area contributed by atoms with Crippen molar-refractivity contribution in [1.82, 2.24) is 10.3 Å². The Bertz CT molecular complexity index is 700. The Morgan fingerprint density at radius 2 is 2.05 bits per heavy atom. The number of nitrogens with one attached hydrogen (secondary N) is 1. The molecule has 0 saturated carbocycles. The van der Waals surface area contributed by atoms with Crippen molar-refractivity contribution in [2.45, 2.75) is 0 Å². The summed E-state index contributed by atoms with van der Waals surface area (Å²) in [5.74, 6) is 1.72. The summed E-state index contributed by atoms with van der Waals surface area (Å²) in [7, 11) is 3.16. The third kappa shape index (κ3) is 2.35. The van der Waals surface area contributed by atoms with Gasteiger partial charge in [-0.15, -0.1) is 0 Å². The summed E-state index contributed by atoms with van der Waals surface area (Å²) in [6.45, 7) is 0.188. The van der Waals surface area contributed by atoms with Crippen LogP contribution in [0, 0.1) is 0 Å². The number of nitrogens with zero attached hydrogens (tertiary/aromatic N) is 1. The SMILES string of the molecule is CNC(=O)c1ccnc(-c2cc3c(cc2OC)OCO3)c1. The molecular weight excluding hydrogens is 272 g/mol. The average molecular weight is 286 g/mol. The fourth-order valence-electron chi connectivity index (χ4n) is 2.16. The highest BCUT2D eigenvalue weighted by atomic mass is 16.7. The van der Waals surface area contributed by atoms with Crippen molar-refractivity contribution in [2.24, 2.45) is 0 Å². The number of hydrogen-bond donors (Lipinski definition) is 1. The maximum Gasteiger partial charge on any atom is 0.251 e. The number of pyridine rings is 1. The summed E-state index contributed by atoms with van der Waals surface area (Å²) in [6.07, 6.45) is 1.59. The Labute approximate surface area is 121 Å². The zero-order chi connectivity index (χ0) is 14.8. The molecule has 0 unspecified atom stereocenters. The fourth-order valence-corrected chi connectivity index (χ4v) is 2.16.